The molecule has 1 aromatic carbocycles. The number of fused-ring (bicyclic) bond motifs is 2. The molecule has 0 radical (unpaired) electrons. The zero-order chi connectivity index (χ0) is 14.3. The predicted octanol–water partition coefficient (Wildman–Crippen LogP) is 1.21. The van der Waals surface area contributed by atoms with Crippen molar-refractivity contribution in [3.63, 3.8) is 0 Å². The Labute approximate surface area is 115 Å². The highest BCUT2D eigenvalue weighted by Crippen LogP contribution is 2.44. The van der Waals surface area contributed by atoms with Crippen LogP contribution in [0.5, 0.6) is 5.75 Å². The maximum Gasteiger partial charge on any atom is 0.310 e. The summed E-state index contributed by atoms with van der Waals surface area (Å²) < 4.78 is 5.56. The second kappa shape index (κ2) is 4.79. The summed E-state index contributed by atoms with van der Waals surface area (Å²) in [6.45, 7) is 0. The van der Waals surface area contributed by atoms with Gasteiger partial charge in [0, 0.05) is 5.69 Å². The molecule has 3 rings (SSSR count). The molecule has 0 unspecified atom stereocenters. The van der Waals surface area contributed by atoms with Crippen LogP contribution in [-0.2, 0) is 14.3 Å². The van der Waals surface area contributed by atoms with Gasteiger partial charge in [-0.05, 0) is 37.1 Å². The molecule has 1 amide bonds. The molecular weight excluding hydrogens is 262 g/mol. The topological polar surface area (TPSA) is 95.9 Å². The van der Waals surface area contributed by atoms with Crippen molar-refractivity contribution in [2.24, 2.45) is 11.8 Å². The highest BCUT2D eigenvalue weighted by molar-refractivity contribution is 5.96. The van der Waals surface area contributed by atoms with E-state index in [-0.39, 0.29) is 23.9 Å². The minimum Gasteiger partial charge on any atom is -0.508 e. The summed E-state index contributed by atoms with van der Waals surface area (Å²) in [5.41, 5.74) is 0.528. The lowest BCUT2D eigenvalue weighted by Crippen LogP contribution is -2.40. The largest absolute Gasteiger partial charge is 0.508 e. The van der Waals surface area contributed by atoms with E-state index in [1.165, 1.54) is 12.1 Å². The normalized spacial score (nSPS) is 31.2. The number of aliphatic carboxylic acids is 1. The van der Waals surface area contributed by atoms with E-state index in [0.717, 1.165) is 6.42 Å². The molecule has 0 spiro atoms. The Balaban J connectivity index is 1.76. The number of ether oxygens (including phenoxy) is 1. The van der Waals surface area contributed by atoms with Crippen LogP contribution in [-0.4, -0.2) is 34.3 Å². The standard InChI is InChI=1S/C14H15NO5/c16-8-3-1-7(2-4-8)15-13(17)11-9-5-6-10(20-9)12(11)14(18)19/h1-4,9-12,16H,5-6H2,(H,15,17)(H,18,19)/t9-,10+,11+,12-/m1/s1. The number of carboxylic acid groups (broad SMARTS) is 1. The fourth-order valence-electron chi connectivity index (χ4n) is 3.09. The maximum atomic E-state index is 12.3. The van der Waals surface area contributed by atoms with Crippen LogP contribution >= 0.6 is 0 Å². The Kier molecular flexibility index (Phi) is 3.10. The van der Waals surface area contributed by atoms with Gasteiger partial charge in [-0.1, -0.05) is 0 Å². The van der Waals surface area contributed by atoms with Gasteiger partial charge in [-0.15, -0.1) is 0 Å². The number of rotatable bonds is 3. The lowest BCUT2D eigenvalue weighted by atomic mass is 9.78. The first-order valence-corrected chi connectivity index (χ1v) is 6.54. The molecule has 0 saturated carbocycles. The maximum absolute atomic E-state index is 12.3. The van der Waals surface area contributed by atoms with E-state index in [1.54, 1.807) is 12.1 Å². The second-order valence-corrected chi connectivity index (χ2v) is 5.22. The Morgan fingerprint density at radius 2 is 1.70 bits per heavy atom. The first kappa shape index (κ1) is 12.9. The molecule has 2 aliphatic heterocycles. The number of hydrogen-bond acceptors (Lipinski definition) is 4. The van der Waals surface area contributed by atoms with Crippen molar-refractivity contribution >= 4 is 17.6 Å². The van der Waals surface area contributed by atoms with Gasteiger partial charge < -0.3 is 20.3 Å². The van der Waals surface area contributed by atoms with Gasteiger partial charge in [0.2, 0.25) is 5.91 Å². The summed E-state index contributed by atoms with van der Waals surface area (Å²) in [5.74, 6) is -2.64. The van der Waals surface area contributed by atoms with Gasteiger partial charge in [0.1, 0.15) is 5.75 Å². The molecule has 2 heterocycles. The number of phenolic OH excluding ortho intramolecular Hbond substituents is 1. The van der Waals surface area contributed by atoms with E-state index in [0.29, 0.717) is 12.1 Å². The van der Waals surface area contributed by atoms with E-state index in [2.05, 4.69) is 5.32 Å². The molecular formula is C14H15NO5. The van der Waals surface area contributed by atoms with Crippen LogP contribution in [0.4, 0.5) is 5.69 Å². The number of anilines is 1. The average Bonchev–Trinajstić information content (AvgIpc) is 3.01. The van der Waals surface area contributed by atoms with E-state index in [4.69, 9.17) is 4.74 Å². The highest BCUT2D eigenvalue weighted by atomic mass is 16.5. The van der Waals surface area contributed by atoms with Crippen LogP contribution < -0.4 is 5.32 Å². The summed E-state index contributed by atoms with van der Waals surface area (Å²) in [6, 6.07) is 6.05. The van der Waals surface area contributed by atoms with Crippen LogP contribution in [0.25, 0.3) is 0 Å². The molecule has 6 nitrogen and oxygen atoms in total. The van der Waals surface area contributed by atoms with Crippen molar-refractivity contribution in [2.45, 2.75) is 25.0 Å². The summed E-state index contributed by atoms with van der Waals surface area (Å²) in [7, 11) is 0. The number of phenols is 1. The second-order valence-electron chi connectivity index (χ2n) is 5.22. The first-order chi connectivity index (χ1) is 9.56. The monoisotopic (exact) mass is 277 g/mol. The molecule has 1 aromatic rings. The molecule has 4 atom stereocenters. The lowest BCUT2D eigenvalue weighted by Gasteiger charge is -2.23. The number of nitrogens with one attached hydrogen (secondary N) is 1. The van der Waals surface area contributed by atoms with E-state index in [9.17, 15) is 19.8 Å². The smallest absolute Gasteiger partial charge is 0.310 e. The molecule has 0 aliphatic carbocycles. The Morgan fingerprint density at radius 1 is 1.10 bits per heavy atom. The number of benzene rings is 1. The molecule has 0 aromatic heterocycles. The molecule has 20 heavy (non-hydrogen) atoms. The number of carbonyl (C=O) groups excluding carboxylic acids is 1. The lowest BCUT2D eigenvalue weighted by molar-refractivity contribution is -0.147. The number of aromatic hydroxyl groups is 1. The minimum atomic E-state index is -0.983. The quantitative estimate of drug-likeness (QED) is 0.722. The van der Waals surface area contributed by atoms with Gasteiger partial charge in [0.15, 0.2) is 0 Å². The van der Waals surface area contributed by atoms with Crippen LogP contribution in [0.1, 0.15) is 12.8 Å². The SMILES string of the molecule is O=C(Nc1ccc(O)cc1)[C@@H]1[C@H](C(=O)O)[C@@H]2CC[C@H]1O2. The summed E-state index contributed by atoms with van der Waals surface area (Å²) in [4.78, 5) is 23.6. The molecule has 106 valence electrons. The van der Waals surface area contributed by atoms with Crippen LogP contribution in [0, 0.1) is 11.8 Å². The zero-order valence-electron chi connectivity index (χ0n) is 10.7. The minimum absolute atomic E-state index is 0.106. The molecule has 2 fully saturated rings. The number of hydrogen-bond donors (Lipinski definition) is 3. The Bertz CT molecular complexity index is 541. The molecule has 6 heteroatoms. The van der Waals surface area contributed by atoms with Crippen LogP contribution in [0.2, 0.25) is 0 Å². The Hall–Kier alpha value is -2.08. The van der Waals surface area contributed by atoms with Crippen LogP contribution in [0.3, 0.4) is 0 Å². The fourth-order valence-corrected chi connectivity index (χ4v) is 3.09. The van der Waals surface area contributed by atoms with Crippen molar-refractivity contribution < 1.29 is 24.5 Å². The van der Waals surface area contributed by atoms with E-state index < -0.39 is 17.8 Å². The van der Waals surface area contributed by atoms with Crippen molar-refractivity contribution in [3.05, 3.63) is 24.3 Å². The van der Waals surface area contributed by atoms with Crippen molar-refractivity contribution in [1.29, 1.82) is 0 Å². The van der Waals surface area contributed by atoms with E-state index >= 15 is 0 Å². The van der Waals surface area contributed by atoms with Crippen molar-refractivity contribution in [2.75, 3.05) is 5.32 Å². The number of carboxylic acids is 1. The van der Waals surface area contributed by atoms with Gasteiger partial charge in [-0.3, -0.25) is 9.59 Å². The number of amides is 1. The third-order valence-corrected chi connectivity index (χ3v) is 4.00. The molecule has 2 aliphatic rings. The van der Waals surface area contributed by atoms with Crippen LogP contribution in [0.15, 0.2) is 24.3 Å². The summed E-state index contributed by atoms with van der Waals surface area (Å²) in [5, 5.41) is 21.1. The first-order valence-electron chi connectivity index (χ1n) is 6.54. The van der Waals surface area contributed by atoms with Gasteiger partial charge >= 0.3 is 5.97 Å². The average molecular weight is 277 g/mol. The molecule has 3 N–H and O–H groups in total. The van der Waals surface area contributed by atoms with Crippen molar-refractivity contribution in [1.82, 2.24) is 0 Å². The van der Waals surface area contributed by atoms with Gasteiger partial charge in [-0.25, -0.2) is 0 Å². The third kappa shape index (κ3) is 2.12. The van der Waals surface area contributed by atoms with E-state index in [1.807, 2.05) is 0 Å². The Morgan fingerprint density at radius 3 is 2.30 bits per heavy atom. The molecule has 2 saturated heterocycles. The fraction of sp³-hybridized carbons (Fsp3) is 0.429. The third-order valence-electron chi connectivity index (χ3n) is 4.00. The summed E-state index contributed by atoms with van der Waals surface area (Å²) >= 11 is 0. The summed E-state index contributed by atoms with van der Waals surface area (Å²) in [6.07, 6.45) is 0.762. The number of carbonyl (C=O) groups is 2. The van der Waals surface area contributed by atoms with Gasteiger partial charge in [-0.2, -0.15) is 0 Å². The highest BCUT2D eigenvalue weighted by Gasteiger charge is 2.55. The van der Waals surface area contributed by atoms with Gasteiger partial charge in [0.25, 0.3) is 0 Å². The predicted molar refractivity (Wildman–Crippen MR) is 69.2 cm³/mol. The zero-order valence-corrected chi connectivity index (χ0v) is 10.7. The molecule has 2 bridgehead atoms. The van der Waals surface area contributed by atoms with Crippen molar-refractivity contribution in [3.8, 4) is 5.75 Å². The van der Waals surface area contributed by atoms with Gasteiger partial charge in [0.05, 0.1) is 24.0 Å².